The van der Waals surface area contributed by atoms with Crippen LogP contribution in [0.1, 0.15) is 80.6 Å². The Balaban J connectivity index is 1.55. The first-order valence-corrected chi connectivity index (χ1v) is 24.9. The van der Waals surface area contributed by atoms with Gasteiger partial charge in [-0.05, 0) is 0 Å². The molecule has 2 bridgehead atoms. The molecule has 0 saturated carbocycles. The van der Waals surface area contributed by atoms with E-state index < -0.39 is 76.0 Å². The Morgan fingerprint density at radius 3 is 2.67 bits per heavy atom. The molecule has 1 aliphatic carbocycles. The summed E-state index contributed by atoms with van der Waals surface area (Å²) in [4.78, 5) is 14.2. The van der Waals surface area contributed by atoms with Crippen LogP contribution in [-0.4, -0.2) is 71.6 Å². The van der Waals surface area contributed by atoms with Crippen LogP contribution >= 0.6 is 16.8 Å². The predicted octanol–water partition coefficient (Wildman–Crippen LogP) is 2.78. The summed E-state index contributed by atoms with van der Waals surface area (Å²) in [5.41, 5.74) is 1.81. The maximum absolute atomic E-state index is 14.2. The first-order valence-electron chi connectivity index (χ1n) is 16.5. The minimum absolute atomic E-state index is 0.120. The molecule has 46 heavy (non-hydrogen) atoms. The van der Waals surface area contributed by atoms with Crippen LogP contribution in [0.4, 0.5) is 0 Å². The van der Waals surface area contributed by atoms with E-state index in [2.05, 4.69) is 59.8 Å². The second kappa shape index (κ2) is 15.0. The number of hydrogen-bond acceptors (Lipinski definition) is 8. The molecule has 0 aromatic heterocycles. The van der Waals surface area contributed by atoms with Crippen molar-refractivity contribution in [2.75, 3.05) is 6.61 Å². The van der Waals surface area contributed by atoms with E-state index in [4.69, 9.17) is 18.9 Å². The van der Waals surface area contributed by atoms with E-state index in [1.54, 1.807) is 13.0 Å². The molecule has 1 spiro atoms. The molecule has 5 aliphatic rings. The van der Waals surface area contributed by atoms with Crippen molar-refractivity contribution < 1.29 is 55.0 Å². The zero-order chi connectivity index (χ0) is 33.4. The Labute approximate surface area is 291 Å². The number of ether oxygens (including phenoxy) is 4. The van der Waals surface area contributed by atoms with Gasteiger partial charge in [0.1, 0.15) is 0 Å². The maximum atomic E-state index is 14.2. The molecular weight excluding hydrogens is 814 g/mol. The van der Waals surface area contributed by atoms with Crippen LogP contribution in [-0.2, 0) is 23.7 Å². The second-order valence-electron chi connectivity index (χ2n) is 14.3. The van der Waals surface area contributed by atoms with Gasteiger partial charge < -0.3 is 5.11 Å². The number of aliphatic hydroxyl groups is 2. The van der Waals surface area contributed by atoms with Crippen molar-refractivity contribution >= 4 is 26.2 Å². The van der Waals surface area contributed by atoms with Gasteiger partial charge in [-0.1, -0.05) is 6.08 Å². The molecule has 4 aliphatic heterocycles. The van der Waals surface area contributed by atoms with E-state index in [0.717, 1.165) is 12.0 Å². The monoisotopic (exact) mass is 865 g/mol. The molecule has 0 aromatic rings. The number of carbonyl (C=O) groups excluding carboxylic acids is 1. The van der Waals surface area contributed by atoms with Crippen LogP contribution in [0.3, 0.4) is 0 Å². The molecule has 3 N–H and O–H groups in total. The molecule has 3 saturated heterocycles. The third-order valence-electron chi connectivity index (χ3n) is 10.0. The zero-order valence-electron chi connectivity index (χ0n) is 28.0. The SMILES string of the molecule is CC1=C[C@H]2C(=O)O[C@H]3C[C@@H](C/C=C(\C)C[C@@H](C)/C=C/C=C4\CO[C@H]([C@@H]1O)[C@@]42O)OC1(CC(=I[I-]O)[C@H](C)[C@@H](/C(C)=C/C(C)C)O1)C3. The Bertz CT molecular complexity index is 1350. The number of halogens is 2. The molecule has 1 unspecified atom stereocenters. The number of aliphatic hydroxyl groups excluding tert-OH is 1. The van der Waals surface area contributed by atoms with Gasteiger partial charge in [0.25, 0.3) is 0 Å². The van der Waals surface area contributed by atoms with Crippen molar-refractivity contribution in [2.24, 2.45) is 23.7 Å². The van der Waals surface area contributed by atoms with Crippen molar-refractivity contribution in [2.45, 2.75) is 122 Å². The third-order valence-corrected chi connectivity index (χ3v) is 16.8. The third kappa shape index (κ3) is 7.69. The average molecular weight is 866 g/mol. The molecule has 10 atom stereocenters. The predicted molar refractivity (Wildman–Crippen MR) is 183 cm³/mol. The fraction of sp³-hybridized carbons (Fsp3) is 0.667. The molecule has 4 heterocycles. The zero-order valence-corrected chi connectivity index (χ0v) is 32.4. The number of carbonyl (C=O) groups is 1. The summed E-state index contributed by atoms with van der Waals surface area (Å²) in [7, 11) is 0. The summed E-state index contributed by atoms with van der Waals surface area (Å²) >= 11 is -1.35. The summed E-state index contributed by atoms with van der Waals surface area (Å²) in [6.45, 7) is 14.8. The van der Waals surface area contributed by atoms with Gasteiger partial charge in [-0.15, -0.1) is 0 Å². The average Bonchev–Trinajstić information content (AvgIpc) is 3.31. The Morgan fingerprint density at radius 2 is 1.96 bits per heavy atom. The normalized spacial score (nSPS) is 44.8. The van der Waals surface area contributed by atoms with Crippen LogP contribution in [0.5, 0.6) is 0 Å². The van der Waals surface area contributed by atoms with Gasteiger partial charge in [0.15, 0.2) is 0 Å². The van der Waals surface area contributed by atoms with Gasteiger partial charge in [0, 0.05) is 0 Å². The number of allylic oxidation sites excluding steroid dienone is 5. The van der Waals surface area contributed by atoms with Crippen molar-refractivity contribution in [1.29, 1.82) is 0 Å². The van der Waals surface area contributed by atoms with Gasteiger partial charge >= 0.3 is 282 Å². The molecular formula is C36H51I2O8-. The molecule has 0 radical (unpaired) electrons. The van der Waals surface area contributed by atoms with E-state index in [0.29, 0.717) is 42.7 Å². The van der Waals surface area contributed by atoms with E-state index in [1.807, 2.05) is 12.2 Å². The second-order valence-corrected chi connectivity index (χ2v) is 21.7. The number of hydrogen-bond donors (Lipinski definition) is 3. The fourth-order valence-corrected chi connectivity index (χ4v) is 14.5. The van der Waals surface area contributed by atoms with Crippen LogP contribution in [0.15, 0.2) is 58.7 Å². The summed E-state index contributed by atoms with van der Waals surface area (Å²) in [5, 5.41) is 23.2. The van der Waals surface area contributed by atoms with E-state index in [9.17, 15) is 18.4 Å². The molecule has 258 valence electrons. The van der Waals surface area contributed by atoms with Gasteiger partial charge in [-0.25, -0.2) is 0 Å². The minimum atomic E-state index is -1.73. The van der Waals surface area contributed by atoms with Crippen molar-refractivity contribution in [3.63, 3.8) is 0 Å². The topological polar surface area (TPSA) is 115 Å². The number of rotatable bonds is 3. The summed E-state index contributed by atoms with van der Waals surface area (Å²) in [5.74, 6) is -1.76. The molecule has 0 aromatic carbocycles. The van der Waals surface area contributed by atoms with E-state index in [-0.39, 0.29) is 30.7 Å². The molecule has 5 rings (SSSR count). The summed E-state index contributed by atoms with van der Waals surface area (Å²) < 4.78 is 37.7. The standard InChI is InChI=1S/C36H51I2O8/c1-20(2)13-24(6)32-25(7)30(37-38-42)18-35(46-32)17-28-16-27(45-35)12-11-22(4)14-21(3)9-8-10-26-19-43-33-31(39)23(5)15-29(34(40)44-28)36(26,33)41/h8-11,13,15,20-21,25,27-29,31-33,39,41-42H,12,14,16-19H2,1-7H3/q-1/b9-8+,22-11+,24-13+,26-10+/t21-,25-,27+,28-,29-,31+,32+,33+,35?,36+/m0/s1. The number of fused-ring (bicyclic) bond motifs is 2. The Kier molecular flexibility index (Phi) is 11.9. The van der Waals surface area contributed by atoms with Crippen LogP contribution in [0.2, 0.25) is 0 Å². The Morgan fingerprint density at radius 1 is 1.20 bits per heavy atom. The first kappa shape index (κ1) is 36.5. The first-order chi connectivity index (χ1) is 21.8. The fourth-order valence-electron chi connectivity index (χ4n) is 7.81. The van der Waals surface area contributed by atoms with Gasteiger partial charge in [0.2, 0.25) is 0 Å². The quantitative estimate of drug-likeness (QED) is 0.226. The Hall–Kier alpha value is -0.740. The van der Waals surface area contributed by atoms with Gasteiger partial charge in [-0.3, -0.25) is 0 Å². The van der Waals surface area contributed by atoms with E-state index >= 15 is 0 Å². The van der Waals surface area contributed by atoms with Gasteiger partial charge in [0.05, 0.1) is 0 Å². The van der Waals surface area contributed by atoms with Crippen LogP contribution in [0.25, 0.3) is 0 Å². The number of esters is 1. The molecule has 0 amide bonds. The summed E-state index contributed by atoms with van der Waals surface area (Å²) in [6, 6.07) is 0. The summed E-state index contributed by atoms with van der Waals surface area (Å²) in [6.07, 6.45) is 12.1. The van der Waals surface area contributed by atoms with Gasteiger partial charge in [-0.2, -0.15) is 0 Å². The van der Waals surface area contributed by atoms with Crippen molar-refractivity contribution in [3.05, 3.63) is 58.7 Å². The molecule has 8 nitrogen and oxygen atoms in total. The van der Waals surface area contributed by atoms with E-state index in [1.165, 1.54) is 9.08 Å². The van der Waals surface area contributed by atoms with Crippen LogP contribution < -0.4 is 17.6 Å². The van der Waals surface area contributed by atoms with Crippen LogP contribution in [0, 0.1) is 23.7 Å². The van der Waals surface area contributed by atoms with Crippen molar-refractivity contribution in [3.8, 4) is 0 Å². The molecule has 3 fully saturated rings. The molecule has 10 heteroatoms. The van der Waals surface area contributed by atoms with Crippen molar-refractivity contribution in [1.82, 2.24) is 0 Å².